The summed E-state index contributed by atoms with van der Waals surface area (Å²) in [6, 6.07) is 8.08. The first-order valence-corrected chi connectivity index (χ1v) is 7.01. The van der Waals surface area contributed by atoms with Gasteiger partial charge in [-0.1, -0.05) is 23.7 Å². The van der Waals surface area contributed by atoms with Crippen molar-refractivity contribution in [3.63, 3.8) is 0 Å². The van der Waals surface area contributed by atoms with E-state index in [9.17, 15) is 14.9 Å². The van der Waals surface area contributed by atoms with Crippen LogP contribution in [0.15, 0.2) is 30.3 Å². The number of anilines is 1. The van der Waals surface area contributed by atoms with Crippen LogP contribution >= 0.6 is 11.6 Å². The molecule has 0 aromatic heterocycles. The first-order valence-electron chi connectivity index (χ1n) is 6.63. The van der Waals surface area contributed by atoms with Crippen molar-refractivity contribution in [2.75, 3.05) is 5.32 Å². The third-order valence-corrected chi connectivity index (χ3v) is 3.83. The van der Waals surface area contributed by atoms with Crippen LogP contribution in [0, 0.1) is 30.9 Å². The first-order chi connectivity index (χ1) is 10.3. The zero-order valence-electron chi connectivity index (χ0n) is 12.4. The zero-order valence-corrected chi connectivity index (χ0v) is 13.2. The van der Waals surface area contributed by atoms with Gasteiger partial charge in [-0.15, -0.1) is 0 Å². The van der Waals surface area contributed by atoms with Crippen LogP contribution in [-0.2, 0) is 0 Å². The molecule has 0 aliphatic heterocycles. The van der Waals surface area contributed by atoms with Gasteiger partial charge in [0.1, 0.15) is 5.69 Å². The Morgan fingerprint density at radius 1 is 1.18 bits per heavy atom. The van der Waals surface area contributed by atoms with Crippen molar-refractivity contribution in [3.05, 3.63) is 67.7 Å². The molecule has 0 aliphatic carbocycles. The molecule has 0 unspecified atom stereocenters. The summed E-state index contributed by atoms with van der Waals surface area (Å²) in [5.74, 6) is -0.471. The molecule has 22 heavy (non-hydrogen) atoms. The molecule has 6 heteroatoms. The maximum Gasteiger partial charge on any atom is 0.293 e. The van der Waals surface area contributed by atoms with E-state index in [1.54, 1.807) is 31.2 Å². The van der Waals surface area contributed by atoms with E-state index in [4.69, 9.17) is 11.6 Å². The number of carbonyl (C=O) groups excluding carboxylic acids is 1. The Morgan fingerprint density at radius 2 is 1.86 bits per heavy atom. The monoisotopic (exact) mass is 318 g/mol. The molecule has 0 heterocycles. The predicted octanol–water partition coefficient (Wildman–Crippen LogP) is 4.43. The van der Waals surface area contributed by atoms with Gasteiger partial charge in [0.2, 0.25) is 0 Å². The molecular formula is C16H15ClN2O3. The Hall–Kier alpha value is -2.40. The third kappa shape index (κ3) is 3.09. The lowest BCUT2D eigenvalue weighted by Gasteiger charge is -2.12. The van der Waals surface area contributed by atoms with Crippen LogP contribution in [0.5, 0.6) is 0 Å². The summed E-state index contributed by atoms with van der Waals surface area (Å²) in [5.41, 5.74) is 2.79. The molecule has 0 aliphatic rings. The van der Waals surface area contributed by atoms with E-state index in [0.717, 1.165) is 11.1 Å². The summed E-state index contributed by atoms with van der Waals surface area (Å²) in [4.78, 5) is 23.0. The highest BCUT2D eigenvalue weighted by atomic mass is 35.5. The van der Waals surface area contributed by atoms with E-state index < -0.39 is 10.8 Å². The van der Waals surface area contributed by atoms with Gasteiger partial charge in [0.25, 0.3) is 11.6 Å². The Kier molecular flexibility index (Phi) is 4.47. The number of hydrogen-bond donors (Lipinski definition) is 1. The Labute approximate surface area is 133 Å². The van der Waals surface area contributed by atoms with Gasteiger partial charge in [0, 0.05) is 6.07 Å². The van der Waals surface area contributed by atoms with Crippen molar-refractivity contribution in [3.8, 4) is 0 Å². The van der Waals surface area contributed by atoms with Crippen LogP contribution in [-0.4, -0.2) is 10.8 Å². The Bertz CT molecular complexity index is 772. The van der Waals surface area contributed by atoms with Crippen molar-refractivity contribution in [2.24, 2.45) is 0 Å². The highest BCUT2D eigenvalue weighted by Gasteiger charge is 2.21. The molecule has 0 fully saturated rings. The smallest absolute Gasteiger partial charge is 0.293 e. The molecule has 2 rings (SSSR count). The molecule has 2 aromatic carbocycles. The molecule has 0 bridgehead atoms. The molecule has 0 saturated heterocycles. The largest absolute Gasteiger partial charge is 0.316 e. The first kappa shape index (κ1) is 16.0. The average molecular weight is 319 g/mol. The normalized spacial score (nSPS) is 10.4. The summed E-state index contributed by atoms with van der Waals surface area (Å²) < 4.78 is 0. The molecule has 5 nitrogen and oxygen atoms in total. The van der Waals surface area contributed by atoms with Crippen molar-refractivity contribution < 1.29 is 9.72 Å². The van der Waals surface area contributed by atoms with Gasteiger partial charge in [-0.05, 0) is 49.6 Å². The van der Waals surface area contributed by atoms with Crippen LogP contribution in [0.2, 0.25) is 5.02 Å². The number of carbonyl (C=O) groups is 1. The average Bonchev–Trinajstić information content (AvgIpc) is 2.43. The number of nitro benzene ring substituents is 1. The minimum atomic E-state index is -0.515. The van der Waals surface area contributed by atoms with Crippen LogP contribution < -0.4 is 5.32 Å². The van der Waals surface area contributed by atoms with Gasteiger partial charge in [0.05, 0.1) is 15.5 Å². The lowest BCUT2D eigenvalue weighted by atomic mass is 10.1. The van der Waals surface area contributed by atoms with E-state index >= 15 is 0 Å². The number of amides is 1. The fourth-order valence-corrected chi connectivity index (χ4v) is 2.42. The number of aryl methyl sites for hydroxylation is 2. The molecule has 0 radical (unpaired) electrons. The lowest BCUT2D eigenvalue weighted by molar-refractivity contribution is -0.384. The van der Waals surface area contributed by atoms with Crippen molar-refractivity contribution in [1.82, 2.24) is 0 Å². The van der Waals surface area contributed by atoms with Gasteiger partial charge < -0.3 is 5.32 Å². The van der Waals surface area contributed by atoms with Crippen LogP contribution in [0.1, 0.15) is 27.0 Å². The van der Waals surface area contributed by atoms with Crippen molar-refractivity contribution in [2.45, 2.75) is 20.8 Å². The number of nitrogens with one attached hydrogen (secondary N) is 1. The fourth-order valence-electron chi connectivity index (χ4n) is 2.10. The van der Waals surface area contributed by atoms with Crippen LogP contribution in [0.3, 0.4) is 0 Å². The van der Waals surface area contributed by atoms with Gasteiger partial charge >= 0.3 is 0 Å². The number of nitro groups is 1. The second-order valence-electron chi connectivity index (χ2n) is 5.10. The highest BCUT2D eigenvalue weighted by molar-refractivity contribution is 6.34. The highest BCUT2D eigenvalue weighted by Crippen LogP contribution is 2.31. The Morgan fingerprint density at radius 3 is 2.45 bits per heavy atom. The van der Waals surface area contributed by atoms with E-state index in [-0.39, 0.29) is 16.9 Å². The topological polar surface area (TPSA) is 72.2 Å². The maximum absolute atomic E-state index is 12.4. The van der Waals surface area contributed by atoms with Crippen LogP contribution in [0.4, 0.5) is 11.4 Å². The van der Waals surface area contributed by atoms with Gasteiger partial charge in [-0.25, -0.2) is 0 Å². The summed E-state index contributed by atoms with van der Waals surface area (Å²) in [7, 11) is 0. The SMILES string of the molecule is Cc1ccc(C(=O)Nc2c([N+](=O)[O-])ccc(C)c2C)c(Cl)c1. The molecule has 0 spiro atoms. The van der Waals surface area contributed by atoms with Gasteiger partial charge in [-0.2, -0.15) is 0 Å². The van der Waals surface area contributed by atoms with Gasteiger partial charge in [-0.3, -0.25) is 14.9 Å². The number of rotatable bonds is 3. The number of hydrogen-bond acceptors (Lipinski definition) is 3. The lowest BCUT2D eigenvalue weighted by Crippen LogP contribution is -2.15. The number of nitrogens with zero attached hydrogens (tertiary/aromatic N) is 1. The summed E-state index contributed by atoms with van der Waals surface area (Å²) in [6.45, 7) is 5.42. The molecule has 2 aromatic rings. The molecular weight excluding hydrogens is 304 g/mol. The molecule has 114 valence electrons. The molecule has 0 saturated carbocycles. The predicted molar refractivity (Wildman–Crippen MR) is 86.7 cm³/mol. The van der Waals surface area contributed by atoms with Gasteiger partial charge in [0.15, 0.2) is 0 Å². The van der Waals surface area contributed by atoms with E-state index in [0.29, 0.717) is 10.6 Å². The van der Waals surface area contributed by atoms with E-state index in [1.165, 1.54) is 6.07 Å². The molecule has 1 amide bonds. The Balaban J connectivity index is 2.44. The summed E-state index contributed by atoms with van der Waals surface area (Å²) in [6.07, 6.45) is 0. The maximum atomic E-state index is 12.4. The standard InChI is InChI=1S/C16H15ClN2O3/c1-9-4-6-12(13(17)8-9)16(20)18-15-11(3)10(2)5-7-14(15)19(21)22/h4-8H,1-3H3,(H,18,20). The van der Waals surface area contributed by atoms with E-state index in [1.807, 2.05) is 13.8 Å². The minimum absolute atomic E-state index is 0.139. The van der Waals surface area contributed by atoms with Crippen molar-refractivity contribution in [1.29, 1.82) is 0 Å². The number of halogens is 1. The quantitative estimate of drug-likeness (QED) is 0.672. The van der Waals surface area contributed by atoms with E-state index in [2.05, 4.69) is 5.32 Å². The number of benzene rings is 2. The zero-order chi connectivity index (χ0) is 16.4. The van der Waals surface area contributed by atoms with Crippen LogP contribution in [0.25, 0.3) is 0 Å². The second-order valence-corrected chi connectivity index (χ2v) is 5.50. The minimum Gasteiger partial charge on any atom is -0.316 e. The summed E-state index contributed by atoms with van der Waals surface area (Å²) >= 11 is 6.07. The third-order valence-electron chi connectivity index (χ3n) is 3.52. The van der Waals surface area contributed by atoms with Crippen molar-refractivity contribution >= 4 is 28.9 Å². The summed E-state index contributed by atoms with van der Waals surface area (Å²) in [5, 5.41) is 14.1. The molecule has 0 atom stereocenters. The second kappa shape index (κ2) is 6.15. The fraction of sp³-hybridized carbons (Fsp3) is 0.188. The molecule has 1 N–H and O–H groups in total.